The molecular formula is C18H14F3N3O3. The van der Waals surface area contributed by atoms with Gasteiger partial charge in [0.05, 0.1) is 11.1 Å². The lowest BCUT2D eigenvalue weighted by atomic mass is 10.1. The summed E-state index contributed by atoms with van der Waals surface area (Å²) >= 11 is 0. The van der Waals surface area contributed by atoms with Crippen molar-refractivity contribution in [2.45, 2.75) is 12.7 Å². The number of anilines is 1. The van der Waals surface area contributed by atoms with Gasteiger partial charge in [-0.1, -0.05) is 17.2 Å². The van der Waals surface area contributed by atoms with Gasteiger partial charge >= 0.3 is 18.2 Å². The van der Waals surface area contributed by atoms with Crippen LogP contribution >= 0.6 is 0 Å². The van der Waals surface area contributed by atoms with E-state index in [1.165, 1.54) is 24.3 Å². The van der Waals surface area contributed by atoms with Gasteiger partial charge in [-0.15, -0.1) is 5.10 Å². The molecule has 27 heavy (non-hydrogen) atoms. The summed E-state index contributed by atoms with van der Waals surface area (Å²) in [5.74, 6) is -0.903. The Kier molecular flexibility index (Phi) is 4.85. The van der Waals surface area contributed by atoms with Crippen molar-refractivity contribution in [1.29, 1.82) is 0 Å². The van der Waals surface area contributed by atoms with Crippen molar-refractivity contribution in [3.63, 3.8) is 0 Å². The Balaban J connectivity index is 1.72. The molecule has 1 N–H and O–H groups in total. The van der Waals surface area contributed by atoms with Crippen molar-refractivity contribution in [2.75, 3.05) is 11.9 Å². The highest BCUT2D eigenvalue weighted by molar-refractivity contribution is 5.87. The van der Waals surface area contributed by atoms with Gasteiger partial charge in [-0.2, -0.15) is 13.2 Å². The molecule has 0 aliphatic rings. The zero-order chi connectivity index (χ0) is 19.6. The Morgan fingerprint density at radius 3 is 2.26 bits per heavy atom. The molecule has 1 aromatic heterocycles. The van der Waals surface area contributed by atoms with E-state index in [0.29, 0.717) is 12.1 Å². The van der Waals surface area contributed by atoms with Crippen molar-refractivity contribution >= 4 is 12.0 Å². The second-order valence-electron chi connectivity index (χ2n) is 5.82. The second kappa shape index (κ2) is 7.10. The van der Waals surface area contributed by atoms with Crippen LogP contribution in [0.2, 0.25) is 0 Å². The van der Waals surface area contributed by atoms with Crippen LogP contribution in [0, 0.1) is 0 Å². The highest BCUT2D eigenvalue weighted by Gasteiger charge is 2.30. The summed E-state index contributed by atoms with van der Waals surface area (Å²) in [6.07, 6.45) is -4.41. The van der Waals surface area contributed by atoms with Crippen LogP contribution in [0.25, 0.3) is 11.5 Å². The van der Waals surface area contributed by atoms with Crippen LogP contribution in [0.15, 0.2) is 52.9 Å². The average molecular weight is 377 g/mol. The van der Waals surface area contributed by atoms with E-state index in [9.17, 15) is 18.0 Å². The average Bonchev–Trinajstić information content (AvgIpc) is 3.12. The maximum Gasteiger partial charge on any atom is 0.416 e. The lowest BCUT2D eigenvalue weighted by Crippen LogP contribution is -2.16. The molecule has 0 atom stereocenters. The van der Waals surface area contributed by atoms with E-state index in [1.807, 2.05) is 0 Å². The molecule has 3 aromatic rings. The highest BCUT2D eigenvalue weighted by atomic mass is 19.4. The van der Waals surface area contributed by atoms with Crippen LogP contribution in [0.3, 0.4) is 0 Å². The molecule has 0 aliphatic carbocycles. The van der Waals surface area contributed by atoms with E-state index >= 15 is 0 Å². The van der Waals surface area contributed by atoms with Crippen molar-refractivity contribution in [3.8, 4) is 11.5 Å². The molecule has 0 saturated carbocycles. The van der Waals surface area contributed by atoms with E-state index in [0.717, 1.165) is 17.7 Å². The molecular weight excluding hydrogens is 363 g/mol. The monoisotopic (exact) mass is 377 g/mol. The summed E-state index contributed by atoms with van der Waals surface area (Å²) < 4.78 is 43.4. The fourth-order valence-corrected chi connectivity index (χ4v) is 2.38. The van der Waals surface area contributed by atoms with Crippen LogP contribution < -0.4 is 4.90 Å². The number of alkyl halides is 3. The summed E-state index contributed by atoms with van der Waals surface area (Å²) in [5, 5.41) is 16.7. The van der Waals surface area contributed by atoms with Gasteiger partial charge in [0.15, 0.2) is 0 Å². The lowest BCUT2D eigenvalue weighted by Gasteiger charge is -2.13. The number of benzene rings is 2. The Labute approximate surface area is 151 Å². The molecule has 0 spiro atoms. The van der Waals surface area contributed by atoms with Crippen molar-refractivity contribution in [1.82, 2.24) is 10.2 Å². The molecule has 0 aliphatic heterocycles. The molecule has 140 valence electrons. The molecule has 1 heterocycles. The zero-order valence-electron chi connectivity index (χ0n) is 14.1. The molecule has 6 nitrogen and oxygen atoms in total. The van der Waals surface area contributed by atoms with Crippen LogP contribution in [-0.2, 0) is 12.7 Å². The maximum absolute atomic E-state index is 12.6. The Morgan fingerprint density at radius 1 is 1.07 bits per heavy atom. The third-order valence-corrected chi connectivity index (χ3v) is 3.82. The topological polar surface area (TPSA) is 79.5 Å². The minimum absolute atomic E-state index is 0.104. The lowest BCUT2D eigenvalue weighted by molar-refractivity contribution is -0.137. The van der Waals surface area contributed by atoms with Crippen LogP contribution in [0.1, 0.15) is 21.5 Å². The van der Waals surface area contributed by atoms with Crippen LogP contribution in [0.5, 0.6) is 0 Å². The van der Waals surface area contributed by atoms with E-state index < -0.39 is 17.7 Å². The van der Waals surface area contributed by atoms with Gasteiger partial charge < -0.3 is 14.4 Å². The maximum atomic E-state index is 12.6. The number of carbonyl (C=O) groups is 1. The smallest absolute Gasteiger partial charge is 0.416 e. The van der Waals surface area contributed by atoms with E-state index in [-0.39, 0.29) is 17.5 Å². The molecule has 0 amide bonds. The van der Waals surface area contributed by atoms with Crippen molar-refractivity contribution < 1.29 is 27.5 Å². The number of aromatic carboxylic acids is 1. The summed E-state index contributed by atoms with van der Waals surface area (Å²) in [5.41, 5.74) is 0.634. The number of aromatic nitrogens is 2. The fraction of sp³-hybridized carbons (Fsp3) is 0.167. The van der Waals surface area contributed by atoms with Gasteiger partial charge in [0.25, 0.3) is 0 Å². The zero-order valence-corrected chi connectivity index (χ0v) is 14.1. The van der Waals surface area contributed by atoms with E-state index in [2.05, 4.69) is 10.2 Å². The van der Waals surface area contributed by atoms with Gasteiger partial charge in [-0.05, 0) is 42.0 Å². The van der Waals surface area contributed by atoms with E-state index in [4.69, 9.17) is 9.52 Å². The van der Waals surface area contributed by atoms with Crippen molar-refractivity contribution in [3.05, 3.63) is 65.2 Å². The summed E-state index contributed by atoms with van der Waals surface area (Å²) in [4.78, 5) is 12.5. The molecule has 0 saturated heterocycles. The highest BCUT2D eigenvalue weighted by Crippen LogP contribution is 2.31. The minimum Gasteiger partial charge on any atom is -0.478 e. The molecule has 9 heteroatoms. The minimum atomic E-state index is -4.41. The molecule has 2 aromatic carbocycles. The molecule has 0 unspecified atom stereocenters. The predicted octanol–water partition coefficient (Wildman–Crippen LogP) is 4.09. The standard InChI is InChI=1S/C18H14F3N3O3/c1-24(10-11-2-4-13(5-3-11)16(25)26)17-23-22-15(27-17)12-6-8-14(9-7-12)18(19,20)21/h2-9H,10H2,1H3,(H,25,26). The van der Waals surface area contributed by atoms with Gasteiger partial charge in [0.1, 0.15) is 0 Å². The van der Waals surface area contributed by atoms with Gasteiger partial charge in [-0.25, -0.2) is 4.79 Å². The second-order valence-corrected chi connectivity index (χ2v) is 5.82. The van der Waals surface area contributed by atoms with E-state index in [1.54, 1.807) is 24.1 Å². The first kappa shape index (κ1) is 18.4. The number of nitrogens with zero attached hydrogens (tertiary/aromatic N) is 3. The predicted molar refractivity (Wildman–Crippen MR) is 90.2 cm³/mol. The normalized spacial score (nSPS) is 11.4. The quantitative estimate of drug-likeness (QED) is 0.721. The number of rotatable bonds is 5. The van der Waals surface area contributed by atoms with Gasteiger partial charge in [0, 0.05) is 19.2 Å². The number of carboxylic acid groups (broad SMARTS) is 1. The number of hydrogen-bond acceptors (Lipinski definition) is 5. The summed E-state index contributed by atoms with van der Waals surface area (Å²) in [6.45, 7) is 0.383. The van der Waals surface area contributed by atoms with Crippen molar-refractivity contribution in [2.24, 2.45) is 0 Å². The first-order valence-corrected chi connectivity index (χ1v) is 7.78. The number of hydrogen-bond donors (Lipinski definition) is 1. The third-order valence-electron chi connectivity index (χ3n) is 3.82. The number of carboxylic acids is 1. The van der Waals surface area contributed by atoms with Gasteiger partial charge in [0.2, 0.25) is 5.89 Å². The molecule has 0 bridgehead atoms. The molecule has 3 rings (SSSR count). The summed E-state index contributed by atoms with van der Waals surface area (Å²) in [6, 6.07) is 11.0. The molecule has 0 fully saturated rings. The Hall–Kier alpha value is -3.36. The fourth-order valence-electron chi connectivity index (χ4n) is 2.38. The SMILES string of the molecule is CN(Cc1ccc(C(=O)O)cc1)c1nnc(-c2ccc(C(F)(F)F)cc2)o1. The third kappa shape index (κ3) is 4.25. The van der Waals surface area contributed by atoms with Gasteiger partial charge in [-0.3, -0.25) is 0 Å². The first-order chi connectivity index (χ1) is 12.7. The van der Waals surface area contributed by atoms with Crippen LogP contribution in [-0.4, -0.2) is 28.3 Å². The Bertz CT molecular complexity index is 935. The largest absolute Gasteiger partial charge is 0.478 e. The van der Waals surface area contributed by atoms with Crippen LogP contribution in [0.4, 0.5) is 19.2 Å². The Morgan fingerprint density at radius 2 is 1.70 bits per heavy atom. The molecule has 0 radical (unpaired) electrons. The summed E-state index contributed by atoms with van der Waals surface area (Å²) in [7, 11) is 1.70. The number of halogens is 3. The first-order valence-electron chi connectivity index (χ1n) is 7.78.